The number of anilines is 2. The number of sulfonamides is 1. The van der Waals surface area contributed by atoms with Gasteiger partial charge in [-0.2, -0.15) is 14.1 Å². The van der Waals surface area contributed by atoms with Crippen LogP contribution < -0.4 is 20.9 Å². The Morgan fingerprint density at radius 3 is 2.64 bits per heavy atom. The van der Waals surface area contributed by atoms with Gasteiger partial charge in [-0.15, -0.1) is 0 Å². The van der Waals surface area contributed by atoms with Crippen LogP contribution in [0.15, 0.2) is 57.9 Å². The van der Waals surface area contributed by atoms with Crippen LogP contribution in [0.3, 0.4) is 0 Å². The SMILES string of the molecule is C[C@@H]1CN(S(=O)(=O)Cc2ccc(Br)c(N)c2)CCN1c1cnn(-c2cccc(Cl)c2)c(=O)c1OCC1(C)CC1. The quantitative estimate of drug-likeness (QED) is 0.364. The summed E-state index contributed by atoms with van der Waals surface area (Å²) in [5.41, 5.74) is 7.85. The second-order valence-corrected chi connectivity index (χ2v) is 13.9. The number of ether oxygens (including phenoxy) is 1. The number of piperazine rings is 1. The van der Waals surface area contributed by atoms with Crippen LogP contribution in [-0.4, -0.2) is 54.8 Å². The van der Waals surface area contributed by atoms with Gasteiger partial charge in [0.1, 0.15) is 5.69 Å². The van der Waals surface area contributed by atoms with Gasteiger partial charge >= 0.3 is 5.56 Å². The molecule has 0 radical (unpaired) electrons. The molecule has 12 heteroatoms. The fourth-order valence-electron chi connectivity index (χ4n) is 4.69. The minimum Gasteiger partial charge on any atom is -0.486 e. The maximum atomic E-state index is 13.7. The number of hydrogen-bond acceptors (Lipinski definition) is 7. The maximum absolute atomic E-state index is 13.7. The van der Waals surface area contributed by atoms with Gasteiger partial charge in [0, 0.05) is 46.3 Å². The van der Waals surface area contributed by atoms with Crippen molar-refractivity contribution in [3.05, 3.63) is 74.1 Å². The highest BCUT2D eigenvalue weighted by Crippen LogP contribution is 2.45. The average molecular weight is 637 g/mol. The molecule has 0 unspecified atom stereocenters. The Bertz CT molecular complexity index is 1560. The number of benzene rings is 2. The van der Waals surface area contributed by atoms with Crippen LogP contribution in [-0.2, 0) is 15.8 Å². The molecule has 1 atom stereocenters. The van der Waals surface area contributed by atoms with E-state index in [1.807, 2.05) is 11.8 Å². The molecule has 1 aliphatic heterocycles. The lowest BCUT2D eigenvalue weighted by Gasteiger charge is -2.40. The van der Waals surface area contributed by atoms with E-state index in [9.17, 15) is 13.2 Å². The minimum absolute atomic E-state index is 0.0582. The van der Waals surface area contributed by atoms with Crippen molar-refractivity contribution in [2.45, 2.75) is 38.5 Å². The van der Waals surface area contributed by atoms with Gasteiger partial charge < -0.3 is 15.4 Å². The van der Waals surface area contributed by atoms with Crippen molar-refractivity contribution in [1.82, 2.24) is 14.1 Å². The Morgan fingerprint density at radius 2 is 1.97 bits per heavy atom. The molecule has 1 aromatic heterocycles. The lowest BCUT2D eigenvalue weighted by molar-refractivity contribution is 0.241. The van der Waals surface area contributed by atoms with Crippen molar-refractivity contribution in [2.75, 3.05) is 36.9 Å². The molecule has 2 aromatic carbocycles. The van der Waals surface area contributed by atoms with Crippen molar-refractivity contribution >= 4 is 48.9 Å². The molecule has 208 valence electrons. The number of nitrogen functional groups attached to an aromatic ring is 1. The molecule has 5 rings (SSSR count). The van der Waals surface area contributed by atoms with Gasteiger partial charge in [-0.3, -0.25) is 4.79 Å². The van der Waals surface area contributed by atoms with Crippen molar-refractivity contribution in [3.63, 3.8) is 0 Å². The summed E-state index contributed by atoms with van der Waals surface area (Å²) in [6, 6.07) is 11.9. The first-order valence-electron chi connectivity index (χ1n) is 12.8. The molecular weight excluding hydrogens is 606 g/mol. The summed E-state index contributed by atoms with van der Waals surface area (Å²) in [6.07, 6.45) is 3.72. The molecule has 2 heterocycles. The maximum Gasteiger partial charge on any atom is 0.316 e. The van der Waals surface area contributed by atoms with Gasteiger partial charge in [-0.25, -0.2) is 8.42 Å². The monoisotopic (exact) mass is 635 g/mol. The number of nitrogens with zero attached hydrogens (tertiary/aromatic N) is 4. The van der Waals surface area contributed by atoms with E-state index in [-0.39, 0.29) is 41.6 Å². The van der Waals surface area contributed by atoms with E-state index in [1.165, 1.54) is 8.99 Å². The summed E-state index contributed by atoms with van der Waals surface area (Å²) in [5.74, 6) is 0.0769. The zero-order chi connectivity index (χ0) is 27.9. The standard InChI is InChI=1S/C27H31BrClN5O4S/c1-18-15-32(39(36,37)16-19-6-7-22(28)23(30)12-19)10-11-33(18)24-14-31-34(21-5-3-4-20(29)13-21)26(35)25(24)38-17-27(2)8-9-27/h3-7,12-14,18H,8-11,15-17,30H2,1-2H3/t18-/m1/s1. The zero-order valence-corrected chi connectivity index (χ0v) is 25.0. The van der Waals surface area contributed by atoms with E-state index >= 15 is 0 Å². The molecule has 0 amide bonds. The van der Waals surface area contributed by atoms with Crippen LogP contribution in [0.5, 0.6) is 5.75 Å². The summed E-state index contributed by atoms with van der Waals surface area (Å²) in [7, 11) is -3.58. The van der Waals surface area contributed by atoms with Crippen molar-refractivity contribution in [3.8, 4) is 11.4 Å². The number of hydrogen-bond donors (Lipinski definition) is 1. The highest BCUT2D eigenvalue weighted by atomic mass is 79.9. The summed E-state index contributed by atoms with van der Waals surface area (Å²) >= 11 is 9.50. The Labute approximate surface area is 241 Å². The molecule has 0 bridgehead atoms. The molecule has 2 fully saturated rings. The highest BCUT2D eigenvalue weighted by Gasteiger charge is 2.39. The molecule has 2 aliphatic rings. The molecule has 1 aliphatic carbocycles. The number of halogens is 2. The zero-order valence-electron chi connectivity index (χ0n) is 21.8. The first kappa shape index (κ1) is 27.9. The van der Waals surface area contributed by atoms with Gasteiger partial charge in [0.05, 0.1) is 24.2 Å². The number of aromatic nitrogens is 2. The topological polar surface area (TPSA) is 111 Å². The van der Waals surface area contributed by atoms with E-state index in [1.54, 1.807) is 48.7 Å². The van der Waals surface area contributed by atoms with Crippen LogP contribution in [0.2, 0.25) is 5.02 Å². The van der Waals surface area contributed by atoms with Crippen molar-refractivity contribution < 1.29 is 13.2 Å². The third kappa shape index (κ3) is 6.11. The lowest BCUT2D eigenvalue weighted by atomic mass is 10.1. The molecule has 2 N–H and O–H groups in total. The third-order valence-electron chi connectivity index (χ3n) is 7.34. The van der Waals surface area contributed by atoms with E-state index in [2.05, 4.69) is 28.0 Å². The van der Waals surface area contributed by atoms with Crippen molar-refractivity contribution in [1.29, 1.82) is 0 Å². The van der Waals surface area contributed by atoms with Crippen LogP contribution >= 0.6 is 27.5 Å². The average Bonchev–Trinajstić information content (AvgIpc) is 3.62. The molecule has 1 saturated heterocycles. The summed E-state index contributed by atoms with van der Waals surface area (Å²) in [6.45, 7) is 5.42. The Balaban J connectivity index is 1.40. The molecule has 1 saturated carbocycles. The number of nitrogens with two attached hydrogens (primary N) is 1. The third-order valence-corrected chi connectivity index (χ3v) is 10.1. The summed E-state index contributed by atoms with van der Waals surface area (Å²) in [4.78, 5) is 15.7. The first-order valence-corrected chi connectivity index (χ1v) is 15.5. The number of rotatable bonds is 8. The second-order valence-electron chi connectivity index (χ2n) is 10.7. The van der Waals surface area contributed by atoms with Crippen LogP contribution in [0.4, 0.5) is 11.4 Å². The van der Waals surface area contributed by atoms with Crippen molar-refractivity contribution in [2.24, 2.45) is 5.41 Å². The van der Waals surface area contributed by atoms with E-state index in [0.717, 1.165) is 17.3 Å². The second kappa shape index (κ2) is 10.8. The van der Waals surface area contributed by atoms with Crippen LogP contribution in [0.25, 0.3) is 5.69 Å². The molecule has 9 nitrogen and oxygen atoms in total. The fraction of sp³-hybridized carbons (Fsp3) is 0.407. The van der Waals surface area contributed by atoms with Gasteiger partial charge in [0.25, 0.3) is 0 Å². The summed E-state index contributed by atoms with van der Waals surface area (Å²) in [5, 5.41) is 4.93. The fourth-order valence-corrected chi connectivity index (χ4v) is 6.70. The largest absolute Gasteiger partial charge is 0.486 e. The molecule has 3 aromatic rings. The predicted octanol–water partition coefficient (Wildman–Crippen LogP) is 4.45. The summed E-state index contributed by atoms with van der Waals surface area (Å²) < 4.78 is 36.2. The Hall–Kier alpha value is -2.60. The van der Waals surface area contributed by atoms with E-state index in [4.69, 9.17) is 22.1 Å². The molecule has 0 spiro atoms. The lowest BCUT2D eigenvalue weighted by Crippen LogP contribution is -2.54. The van der Waals surface area contributed by atoms with Gasteiger partial charge in [-0.1, -0.05) is 30.7 Å². The van der Waals surface area contributed by atoms with E-state index < -0.39 is 10.0 Å². The highest BCUT2D eigenvalue weighted by molar-refractivity contribution is 9.10. The van der Waals surface area contributed by atoms with Gasteiger partial charge in [-0.05, 0) is 71.6 Å². The Kier molecular flexibility index (Phi) is 7.71. The smallest absolute Gasteiger partial charge is 0.316 e. The van der Waals surface area contributed by atoms with E-state index in [0.29, 0.717) is 40.8 Å². The normalized spacial score (nSPS) is 19.2. The predicted molar refractivity (Wildman–Crippen MR) is 157 cm³/mol. The van der Waals surface area contributed by atoms with Gasteiger partial charge in [0.15, 0.2) is 0 Å². The van der Waals surface area contributed by atoms with Gasteiger partial charge in [0.2, 0.25) is 15.8 Å². The molecule has 39 heavy (non-hydrogen) atoms. The minimum atomic E-state index is -3.58. The van der Waals surface area contributed by atoms with Crippen LogP contribution in [0.1, 0.15) is 32.3 Å². The van der Waals surface area contributed by atoms with Crippen LogP contribution in [0, 0.1) is 5.41 Å². The molecular formula is C27H31BrClN5O4S. The first-order chi connectivity index (χ1) is 18.5. The Morgan fingerprint density at radius 1 is 1.21 bits per heavy atom.